The number of nitrogens with one attached hydrogen (secondary N) is 1. The van der Waals surface area contributed by atoms with E-state index in [1.165, 1.54) is 5.56 Å². The first-order valence-corrected chi connectivity index (χ1v) is 5.92. The van der Waals surface area contributed by atoms with Crippen molar-refractivity contribution in [2.45, 2.75) is 13.0 Å². The molecule has 1 unspecified atom stereocenters. The zero-order valence-corrected chi connectivity index (χ0v) is 10.7. The van der Waals surface area contributed by atoms with Crippen LogP contribution in [0, 0.1) is 0 Å². The Morgan fingerprint density at radius 1 is 1.50 bits per heavy atom. The lowest BCUT2D eigenvalue weighted by Crippen LogP contribution is -2.19. The molecule has 0 saturated carbocycles. The fraction of sp³-hybridized carbons (Fsp3) is 0.333. The summed E-state index contributed by atoms with van der Waals surface area (Å²) in [5, 5.41) is 3.35. The lowest BCUT2D eigenvalue weighted by Gasteiger charge is -2.14. The number of ether oxygens (including phenoxy) is 2. The quantitative estimate of drug-likeness (QED) is 0.922. The summed E-state index contributed by atoms with van der Waals surface area (Å²) in [5.74, 6) is 1.64. The summed E-state index contributed by atoms with van der Waals surface area (Å²) in [6.45, 7) is 6.96. The van der Waals surface area contributed by atoms with Crippen LogP contribution in [0.5, 0.6) is 11.5 Å². The largest absolute Gasteiger partial charge is 0.454 e. The average molecular weight is 284 g/mol. The summed E-state index contributed by atoms with van der Waals surface area (Å²) >= 11 is 3.32. The van der Waals surface area contributed by atoms with E-state index in [-0.39, 0.29) is 6.04 Å². The topological polar surface area (TPSA) is 30.5 Å². The van der Waals surface area contributed by atoms with Crippen LogP contribution in [0.3, 0.4) is 0 Å². The smallest absolute Gasteiger partial charge is 0.231 e. The molecule has 0 radical (unpaired) electrons. The minimum absolute atomic E-state index is 0.254. The maximum absolute atomic E-state index is 5.34. The van der Waals surface area contributed by atoms with Gasteiger partial charge in [0.15, 0.2) is 11.5 Å². The van der Waals surface area contributed by atoms with Crippen LogP contribution in [0.25, 0.3) is 0 Å². The summed E-state index contributed by atoms with van der Waals surface area (Å²) in [7, 11) is 0. The second-order valence-corrected chi connectivity index (χ2v) is 4.85. The summed E-state index contributed by atoms with van der Waals surface area (Å²) in [4.78, 5) is 0. The van der Waals surface area contributed by atoms with Gasteiger partial charge in [-0.05, 0) is 24.6 Å². The van der Waals surface area contributed by atoms with Gasteiger partial charge in [-0.25, -0.2) is 0 Å². The van der Waals surface area contributed by atoms with Gasteiger partial charge in [0.2, 0.25) is 6.79 Å². The van der Waals surface area contributed by atoms with Crippen molar-refractivity contribution in [3.8, 4) is 11.5 Å². The second kappa shape index (κ2) is 4.89. The molecule has 0 fully saturated rings. The molecule has 1 N–H and O–H groups in total. The standard InChI is InChI=1S/C12H14BrNO2/c1-8(13)6-14-9(2)10-3-4-11-12(5-10)16-7-15-11/h3-5,9,14H,1,6-7H2,2H3. The first-order valence-electron chi connectivity index (χ1n) is 5.13. The molecule has 0 bridgehead atoms. The summed E-state index contributed by atoms with van der Waals surface area (Å²) in [6, 6.07) is 6.25. The van der Waals surface area contributed by atoms with E-state index in [1.54, 1.807) is 0 Å². The molecule has 0 aromatic heterocycles. The zero-order chi connectivity index (χ0) is 11.5. The van der Waals surface area contributed by atoms with Gasteiger partial charge in [0.05, 0.1) is 0 Å². The van der Waals surface area contributed by atoms with Crippen LogP contribution in [0.4, 0.5) is 0 Å². The molecule has 0 saturated heterocycles. The average Bonchev–Trinajstić information content (AvgIpc) is 2.72. The van der Waals surface area contributed by atoms with Crippen molar-refractivity contribution in [2.24, 2.45) is 0 Å². The highest BCUT2D eigenvalue weighted by Gasteiger charge is 2.15. The molecule has 1 aliphatic rings. The Balaban J connectivity index is 2.06. The molecule has 86 valence electrons. The van der Waals surface area contributed by atoms with Gasteiger partial charge in [-0.15, -0.1) is 0 Å². The van der Waals surface area contributed by atoms with E-state index in [4.69, 9.17) is 9.47 Å². The number of hydrogen-bond acceptors (Lipinski definition) is 3. The van der Waals surface area contributed by atoms with Crippen LogP contribution in [0.15, 0.2) is 29.3 Å². The molecule has 1 atom stereocenters. The van der Waals surface area contributed by atoms with Gasteiger partial charge in [-0.2, -0.15) is 0 Å². The highest BCUT2D eigenvalue weighted by molar-refractivity contribution is 9.11. The van der Waals surface area contributed by atoms with E-state index >= 15 is 0 Å². The third kappa shape index (κ3) is 2.57. The zero-order valence-electron chi connectivity index (χ0n) is 9.13. The maximum atomic E-state index is 5.34. The van der Waals surface area contributed by atoms with Crippen LogP contribution < -0.4 is 14.8 Å². The number of benzene rings is 1. The molecular weight excluding hydrogens is 270 g/mol. The van der Waals surface area contributed by atoms with Crippen LogP contribution in [-0.2, 0) is 0 Å². The number of fused-ring (bicyclic) bond motifs is 1. The Bertz CT molecular complexity index is 406. The van der Waals surface area contributed by atoms with Gasteiger partial charge >= 0.3 is 0 Å². The van der Waals surface area contributed by atoms with Crippen LogP contribution >= 0.6 is 15.9 Å². The van der Waals surface area contributed by atoms with E-state index in [2.05, 4.69) is 34.7 Å². The maximum Gasteiger partial charge on any atom is 0.231 e. The van der Waals surface area contributed by atoms with Crippen molar-refractivity contribution in [1.29, 1.82) is 0 Å². The molecule has 0 amide bonds. The predicted molar refractivity (Wildman–Crippen MR) is 67.0 cm³/mol. The molecule has 1 aromatic rings. The van der Waals surface area contributed by atoms with E-state index < -0.39 is 0 Å². The van der Waals surface area contributed by atoms with Crippen molar-refractivity contribution in [3.63, 3.8) is 0 Å². The van der Waals surface area contributed by atoms with Gasteiger partial charge in [-0.1, -0.05) is 28.6 Å². The molecule has 1 aromatic carbocycles. The molecule has 16 heavy (non-hydrogen) atoms. The highest BCUT2D eigenvalue weighted by atomic mass is 79.9. The monoisotopic (exact) mass is 283 g/mol. The SMILES string of the molecule is C=C(Br)CNC(C)c1ccc2c(c1)OCO2. The normalized spacial score (nSPS) is 14.9. The molecule has 1 heterocycles. The molecule has 0 spiro atoms. The minimum Gasteiger partial charge on any atom is -0.454 e. The molecule has 0 aliphatic carbocycles. The fourth-order valence-corrected chi connectivity index (χ4v) is 1.73. The molecular formula is C12H14BrNO2. The van der Waals surface area contributed by atoms with Crippen LogP contribution in [0.1, 0.15) is 18.5 Å². The van der Waals surface area contributed by atoms with Crippen molar-refractivity contribution >= 4 is 15.9 Å². The Labute approximate surface area is 104 Å². The van der Waals surface area contributed by atoms with Crippen molar-refractivity contribution in [2.75, 3.05) is 13.3 Å². The Kier molecular flexibility index (Phi) is 3.51. The lowest BCUT2D eigenvalue weighted by atomic mass is 10.1. The second-order valence-electron chi connectivity index (χ2n) is 3.73. The number of hydrogen-bond donors (Lipinski definition) is 1. The van der Waals surface area contributed by atoms with Gasteiger partial charge in [-0.3, -0.25) is 0 Å². The Morgan fingerprint density at radius 2 is 2.25 bits per heavy atom. The van der Waals surface area contributed by atoms with Crippen LogP contribution in [-0.4, -0.2) is 13.3 Å². The first-order chi connectivity index (χ1) is 7.66. The van der Waals surface area contributed by atoms with E-state index in [0.717, 1.165) is 22.5 Å². The molecule has 3 nitrogen and oxygen atoms in total. The number of rotatable bonds is 4. The predicted octanol–water partition coefficient (Wildman–Crippen LogP) is 2.97. The third-order valence-electron chi connectivity index (χ3n) is 2.50. The fourth-order valence-electron chi connectivity index (χ4n) is 1.56. The van der Waals surface area contributed by atoms with Crippen molar-refractivity contribution in [3.05, 3.63) is 34.8 Å². The number of halogens is 1. The van der Waals surface area contributed by atoms with E-state index in [1.807, 2.05) is 18.2 Å². The summed E-state index contributed by atoms with van der Waals surface area (Å²) in [5.41, 5.74) is 1.18. The first kappa shape index (κ1) is 11.5. The van der Waals surface area contributed by atoms with Gasteiger partial charge < -0.3 is 14.8 Å². The lowest BCUT2D eigenvalue weighted by molar-refractivity contribution is 0.174. The summed E-state index contributed by atoms with van der Waals surface area (Å²) < 4.78 is 11.5. The Morgan fingerprint density at radius 3 is 3.00 bits per heavy atom. The van der Waals surface area contributed by atoms with E-state index in [0.29, 0.717) is 6.79 Å². The Hall–Kier alpha value is -1.00. The summed E-state index contributed by atoms with van der Waals surface area (Å²) in [6.07, 6.45) is 0. The van der Waals surface area contributed by atoms with E-state index in [9.17, 15) is 0 Å². The van der Waals surface area contributed by atoms with Gasteiger partial charge in [0.25, 0.3) is 0 Å². The minimum atomic E-state index is 0.254. The highest BCUT2D eigenvalue weighted by Crippen LogP contribution is 2.34. The van der Waals surface area contributed by atoms with Gasteiger partial charge in [0, 0.05) is 17.1 Å². The van der Waals surface area contributed by atoms with Crippen molar-refractivity contribution in [1.82, 2.24) is 5.32 Å². The molecule has 2 rings (SSSR count). The van der Waals surface area contributed by atoms with Crippen LogP contribution in [0.2, 0.25) is 0 Å². The molecule has 4 heteroatoms. The molecule has 1 aliphatic heterocycles. The van der Waals surface area contributed by atoms with Gasteiger partial charge in [0.1, 0.15) is 0 Å². The van der Waals surface area contributed by atoms with Crippen molar-refractivity contribution < 1.29 is 9.47 Å². The third-order valence-corrected chi connectivity index (χ3v) is 2.78.